The number of phenols is 1. The molecule has 136 valence electrons. The van der Waals surface area contributed by atoms with Gasteiger partial charge in [-0.15, -0.1) is 0 Å². The van der Waals surface area contributed by atoms with E-state index in [4.69, 9.17) is 16.3 Å². The summed E-state index contributed by atoms with van der Waals surface area (Å²) in [5.74, 6) is 0.558. The van der Waals surface area contributed by atoms with Gasteiger partial charge in [0.25, 0.3) is 0 Å². The van der Waals surface area contributed by atoms with Crippen molar-refractivity contribution in [3.63, 3.8) is 0 Å². The van der Waals surface area contributed by atoms with E-state index >= 15 is 0 Å². The number of Topliss-reactive ketones (excluding diaryl/α,β-unsaturated/α-hetero) is 1. The monoisotopic (exact) mass is 371 g/mol. The van der Waals surface area contributed by atoms with Gasteiger partial charge < -0.3 is 15.2 Å². The number of ether oxygens (including phenoxy) is 1. The minimum Gasteiger partial charge on any atom is -0.508 e. The molecule has 0 aromatic heterocycles. The Labute approximate surface area is 158 Å². The van der Waals surface area contributed by atoms with Crippen molar-refractivity contribution in [2.75, 3.05) is 0 Å². The van der Waals surface area contributed by atoms with Crippen molar-refractivity contribution in [3.8, 4) is 11.5 Å². The van der Waals surface area contributed by atoms with E-state index in [0.717, 1.165) is 11.1 Å². The molecular weight excluding hydrogens is 350 g/mol. The smallest absolute Gasteiger partial charge is 0.198 e. The van der Waals surface area contributed by atoms with Crippen molar-refractivity contribution < 1.29 is 14.6 Å². The minimum absolute atomic E-state index is 0.122. The molecule has 0 amide bonds. The zero-order valence-corrected chi connectivity index (χ0v) is 16.0. The van der Waals surface area contributed by atoms with Crippen LogP contribution in [0.2, 0.25) is 5.02 Å². The molecule has 1 aliphatic rings. The number of hydrogen-bond acceptors (Lipinski definition) is 4. The summed E-state index contributed by atoms with van der Waals surface area (Å²) in [6.07, 6.45) is 1.15. The minimum atomic E-state index is -0.564. The van der Waals surface area contributed by atoms with Crippen LogP contribution in [0, 0.1) is 6.92 Å². The van der Waals surface area contributed by atoms with Gasteiger partial charge >= 0.3 is 0 Å². The molecular formula is C21H22ClNO3. The molecule has 0 aliphatic carbocycles. The number of nitrogens with one attached hydrogen (secondary N) is 1. The summed E-state index contributed by atoms with van der Waals surface area (Å²) < 4.78 is 6.17. The average molecular weight is 372 g/mol. The molecule has 26 heavy (non-hydrogen) atoms. The van der Waals surface area contributed by atoms with Crippen molar-refractivity contribution in [2.24, 2.45) is 0 Å². The zero-order valence-electron chi connectivity index (χ0n) is 15.3. The summed E-state index contributed by atoms with van der Waals surface area (Å²) in [7, 11) is 0. The van der Waals surface area contributed by atoms with Crippen LogP contribution in [0.5, 0.6) is 11.5 Å². The van der Waals surface area contributed by atoms with Crippen molar-refractivity contribution in [1.29, 1.82) is 0 Å². The average Bonchev–Trinajstić information content (AvgIpc) is 2.55. The topological polar surface area (TPSA) is 58.6 Å². The summed E-state index contributed by atoms with van der Waals surface area (Å²) in [5.41, 5.74) is 2.40. The predicted molar refractivity (Wildman–Crippen MR) is 103 cm³/mol. The van der Waals surface area contributed by atoms with Crippen molar-refractivity contribution in [2.45, 2.75) is 39.3 Å². The first-order chi connectivity index (χ1) is 12.2. The second-order valence-electron chi connectivity index (χ2n) is 7.51. The van der Waals surface area contributed by atoms with Crippen LogP contribution in [0.25, 0.3) is 0 Å². The van der Waals surface area contributed by atoms with Crippen molar-refractivity contribution in [1.82, 2.24) is 5.32 Å². The van der Waals surface area contributed by atoms with Gasteiger partial charge in [0, 0.05) is 16.8 Å². The zero-order chi connectivity index (χ0) is 19.1. The Morgan fingerprint density at radius 1 is 1.19 bits per heavy atom. The second kappa shape index (κ2) is 6.69. The molecule has 5 heteroatoms. The Kier molecular flexibility index (Phi) is 4.72. The number of benzene rings is 2. The molecule has 1 atom stereocenters. The maximum Gasteiger partial charge on any atom is 0.198 e. The molecule has 0 radical (unpaired) electrons. The van der Waals surface area contributed by atoms with E-state index in [9.17, 15) is 9.90 Å². The number of aryl methyl sites for hydroxylation is 1. The van der Waals surface area contributed by atoms with Crippen LogP contribution in [0.4, 0.5) is 0 Å². The second-order valence-corrected chi connectivity index (χ2v) is 7.92. The first kappa shape index (κ1) is 18.3. The first-order valence-electron chi connectivity index (χ1n) is 8.44. The molecule has 1 unspecified atom stereocenters. The van der Waals surface area contributed by atoms with Gasteiger partial charge in [0.1, 0.15) is 11.5 Å². The first-order valence-corrected chi connectivity index (χ1v) is 8.82. The van der Waals surface area contributed by atoms with Gasteiger partial charge in [0.15, 0.2) is 11.9 Å². The molecule has 0 spiro atoms. The van der Waals surface area contributed by atoms with E-state index in [1.165, 1.54) is 0 Å². The van der Waals surface area contributed by atoms with E-state index in [-0.39, 0.29) is 17.1 Å². The molecule has 2 N–H and O–H groups in total. The van der Waals surface area contributed by atoms with Crippen molar-refractivity contribution in [3.05, 3.63) is 69.9 Å². The summed E-state index contributed by atoms with van der Waals surface area (Å²) in [5, 5.41) is 13.3. The van der Waals surface area contributed by atoms with E-state index in [1.807, 2.05) is 27.7 Å². The van der Waals surface area contributed by atoms with Gasteiger partial charge in [0.05, 0.1) is 11.1 Å². The van der Waals surface area contributed by atoms with Gasteiger partial charge in [0.2, 0.25) is 0 Å². The van der Waals surface area contributed by atoms with E-state index in [0.29, 0.717) is 21.9 Å². The third-order valence-electron chi connectivity index (χ3n) is 4.15. The SMILES string of the molecule is Cc1cc2c(cc1Cl)C(=O)/C(=C\NC(C)(C)C)C(c1ccc(O)cc1)O2. The molecule has 0 saturated heterocycles. The van der Waals surface area contributed by atoms with Crippen molar-refractivity contribution >= 4 is 17.4 Å². The normalized spacial score (nSPS) is 18.4. The molecule has 0 saturated carbocycles. The van der Waals surface area contributed by atoms with Crippen LogP contribution >= 0.6 is 11.6 Å². The highest BCUT2D eigenvalue weighted by molar-refractivity contribution is 6.32. The Balaban J connectivity index is 2.11. The molecule has 2 aromatic carbocycles. The lowest BCUT2D eigenvalue weighted by Gasteiger charge is -2.30. The number of rotatable bonds is 2. The van der Waals surface area contributed by atoms with E-state index in [1.54, 1.807) is 42.6 Å². The van der Waals surface area contributed by atoms with Crippen LogP contribution in [0.15, 0.2) is 48.2 Å². The number of halogens is 1. The fraction of sp³-hybridized carbons (Fsp3) is 0.286. The summed E-state index contributed by atoms with van der Waals surface area (Å²) >= 11 is 6.21. The quantitative estimate of drug-likeness (QED) is 0.734. The largest absolute Gasteiger partial charge is 0.508 e. The number of aromatic hydroxyl groups is 1. The highest BCUT2D eigenvalue weighted by Crippen LogP contribution is 2.40. The Bertz CT molecular complexity index is 879. The fourth-order valence-corrected chi connectivity index (χ4v) is 2.89. The van der Waals surface area contributed by atoms with Crippen LogP contribution < -0.4 is 10.1 Å². The highest BCUT2D eigenvalue weighted by Gasteiger charge is 2.34. The number of hydrogen-bond donors (Lipinski definition) is 2. The molecule has 1 aliphatic heterocycles. The Morgan fingerprint density at radius 3 is 2.46 bits per heavy atom. The van der Waals surface area contributed by atoms with Crippen LogP contribution in [0.3, 0.4) is 0 Å². The molecule has 4 nitrogen and oxygen atoms in total. The third-order valence-corrected chi connectivity index (χ3v) is 4.56. The van der Waals surface area contributed by atoms with Crippen LogP contribution in [-0.4, -0.2) is 16.4 Å². The Morgan fingerprint density at radius 2 is 1.85 bits per heavy atom. The molecule has 1 heterocycles. The number of phenolic OH excluding ortho intramolecular Hbond substituents is 1. The standard InChI is InChI=1S/C21H22ClNO3/c1-12-9-18-15(10-17(12)22)19(25)16(11-23-21(2,3)4)20(26-18)13-5-7-14(24)8-6-13/h5-11,20,23-24H,1-4H3/b16-11+. The van der Waals surface area contributed by atoms with Crippen LogP contribution in [0.1, 0.15) is 48.4 Å². The highest BCUT2D eigenvalue weighted by atomic mass is 35.5. The van der Waals surface area contributed by atoms with Gasteiger partial charge in [-0.1, -0.05) is 23.7 Å². The van der Waals surface area contributed by atoms with Gasteiger partial charge in [-0.05, 0) is 63.1 Å². The van der Waals surface area contributed by atoms with Gasteiger partial charge in [-0.3, -0.25) is 4.79 Å². The fourth-order valence-electron chi connectivity index (χ4n) is 2.73. The Hall–Kier alpha value is -2.46. The predicted octanol–water partition coefficient (Wildman–Crippen LogP) is 4.94. The summed E-state index contributed by atoms with van der Waals surface area (Å²) in [4.78, 5) is 13.2. The summed E-state index contributed by atoms with van der Waals surface area (Å²) in [6, 6.07) is 10.1. The lowest BCUT2D eigenvalue weighted by molar-refractivity contribution is 0.0959. The number of fused-ring (bicyclic) bond motifs is 1. The lowest BCUT2D eigenvalue weighted by atomic mass is 9.90. The molecule has 0 fully saturated rings. The van der Waals surface area contributed by atoms with Crippen LogP contribution in [-0.2, 0) is 0 Å². The number of carbonyl (C=O) groups excluding carboxylic acids is 1. The van der Waals surface area contributed by atoms with E-state index < -0.39 is 6.10 Å². The number of ketones is 1. The van der Waals surface area contributed by atoms with E-state index in [2.05, 4.69) is 5.32 Å². The molecule has 0 bridgehead atoms. The molecule has 2 aromatic rings. The number of carbonyl (C=O) groups is 1. The maximum absolute atomic E-state index is 13.2. The maximum atomic E-state index is 13.2. The molecule has 3 rings (SSSR count). The van der Waals surface area contributed by atoms with Gasteiger partial charge in [-0.25, -0.2) is 0 Å². The lowest BCUT2D eigenvalue weighted by Crippen LogP contribution is -2.34. The third kappa shape index (κ3) is 3.70. The van der Waals surface area contributed by atoms with Gasteiger partial charge in [-0.2, -0.15) is 0 Å². The summed E-state index contributed by atoms with van der Waals surface area (Å²) in [6.45, 7) is 7.92.